The van der Waals surface area contributed by atoms with Gasteiger partial charge in [0.25, 0.3) is 0 Å². The van der Waals surface area contributed by atoms with Gasteiger partial charge in [-0.1, -0.05) is 35.9 Å². The molecule has 33 heavy (non-hydrogen) atoms. The Kier molecular flexibility index (Phi) is 6.12. The number of benzene rings is 2. The molecule has 5 rings (SSSR count). The second-order valence-electron chi connectivity index (χ2n) is 9.60. The average molecular weight is 464 g/mol. The highest BCUT2D eigenvalue weighted by atomic mass is 35.5. The van der Waals surface area contributed by atoms with Gasteiger partial charge in [-0.3, -0.25) is 9.91 Å². The normalized spacial score (nSPS) is 21.5. The molecule has 3 heterocycles. The highest BCUT2D eigenvalue weighted by Gasteiger charge is 2.33. The fourth-order valence-corrected chi connectivity index (χ4v) is 5.51. The first kappa shape index (κ1) is 22.3. The van der Waals surface area contributed by atoms with Gasteiger partial charge in [-0.25, -0.2) is 0 Å². The van der Waals surface area contributed by atoms with Crippen molar-refractivity contribution in [3.05, 3.63) is 76.0 Å². The molecule has 0 aliphatic carbocycles. The lowest BCUT2D eigenvalue weighted by Gasteiger charge is -2.30. The van der Waals surface area contributed by atoms with E-state index < -0.39 is 0 Å². The van der Waals surface area contributed by atoms with Gasteiger partial charge in [-0.2, -0.15) is 0 Å². The third-order valence-corrected chi connectivity index (χ3v) is 7.36. The summed E-state index contributed by atoms with van der Waals surface area (Å²) in [6.45, 7) is 9.81. The summed E-state index contributed by atoms with van der Waals surface area (Å²) < 4.78 is 0. The molecular formula is C27H34ClN5. The van der Waals surface area contributed by atoms with E-state index in [0.717, 1.165) is 43.2 Å². The van der Waals surface area contributed by atoms with Crippen molar-refractivity contribution in [2.24, 2.45) is 0 Å². The van der Waals surface area contributed by atoms with E-state index in [9.17, 15) is 0 Å². The molecule has 3 aliphatic heterocycles. The minimum absolute atomic E-state index is 0.203. The Hall–Kier alpha value is -2.47. The maximum absolute atomic E-state index is 6.29. The van der Waals surface area contributed by atoms with Crippen LogP contribution in [0, 0.1) is 0 Å². The molecule has 2 aromatic rings. The second-order valence-corrected chi connectivity index (χ2v) is 10.0. The van der Waals surface area contributed by atoms with Gasteiger partial charge in [0.15, 0.2) is 0 Å². The van der Waals surface area contributed by atoms with Gasteiger partial charge in [-0.05, 0) is 74.6 Å². The van der Waals surface area contributed by atoms with Crippen LogP contribution in [0.1, 0.15) is 56.3 Å². The highest BCUT2D eigenvalue weighted by molar-refractivity contribution is 6.30. The van der Waals surface area contributed by atoms with Crippen molar-refractivity contribution in [3.8, 4) is 0 Å². The van der Waals surface area contributed by atoms with Gasteiger partial charge in [0.2, 0.25) is 0 Å². The molecule has 0 bridgehead atoms. The van der Waals surface area contributed by atoms with Gasteiger partial charge in [0.05, 0.1) is 17.4 Å². The van der Waals surface area contributed by atoms with Crippen molar-refractivity contribution in [2.75, 3.05) is 32.0 Å². The van der Waals surface area contributed by atoms with Crippen LogP contribution in [0.5, 0.6) is 0 Å². The monoisotopic (exact) mass is 463 g/mol. The van der Waals surface area contributed by atoms with Gasteiger partial charge >= 0.3 is 0 Å². The summed E-state index contributed by atoms with van der Waals surface area (Å²) in [6, 6.07) is 15.9. The van der Waals surface area contributed by atoms with Crippen LogP contribution in [0.2, 0.25) is 5.02 Å². The lowest BCUT2D eigenvalue weighted by Crippen LogP contribution is -2.40. The molecular weight excluding hydrogens is 430 g/mol. The van der Waals surface area contributed by atoms with Crippen molar-refractivity contribution in [1.82, 2.24) is 20.5 Å². The van der Waals surface area contributed by atoms with Crippen molar-refractivity contribution < 1.29 is 0 Å². The molecule has 0 aromatic heterocycles. The highest BCUT2D eigenvalue weighted by Crippen LogP contribution is 2.40. The van der Waals surface area contributed by atoms with E-state index in [1.54, 1.807) is 0 Å². The molecule has 0 amide bonds. The quantitative estimate of drug-likeness (QED) is 0.603. The lowest BCUT2D eigenvalue weighted by atomic mass is 9.90. The first-order chi connectivity index (χ1) is 15.9. The Labute approximate surface area is 202 Å². The van der Waals surface area contributed by atoms with Crippen LogP contribution in [-0.4, -0.2) is 47.8 Å². The molecule has 174 valence electrons. The second kappa shape index (κ2) is 9.05. The predicted molar refractivity (Wildman–Crippen MR) is 138 cm³/mol. The summed E-state index contributed by atoms with van der Waals surface area (Å²) in [5.74, 6) is 0. The maximum atomic E-state index is 6.29. The number of nitrogens with one attached hydrogen (secondary N) is 2. The molecule has 0 radical (unpaired) electrons. The molecule has 0 fully saturated rings. The first-order valence-electron chi connectivity index (χ1n) is 12.0. The Morgan fingerprint density at radius 2 is 1.97 bits per heavy atom. The van der Waals surface area contributed by atoms with E-state index in [-0.39, 0.29) is 6.04 Å². The average Bonchev–Trinajstić information content (AvgIpc) is 2.98. The van der Waals surface area contributed by atoms with E-state index >= 15 is 0 Å². The predicted octanol–water partition coefficient (Wildman–Crippen LogP) is 5.75. The van der Waals surface area contributed by atoms with Crippen LogP contribution >= 0.6 is 11.6 Å². The topological polar surface area (TPSA) is 33.8 Å². The maximum Gasteiger partial charge on any atom is 0.0816 e. The minimum atomic E-state index is 0.203. The molecule has 1 atom stereocenters. The third kappa shape index (κ3) is 4.37. The molecule has 1 unspecified atom stereocenters. The number of hydrazine groups is 2. The molecule has 2 N–H and O–H groups in total. The summed E-state index contributed by atoms with van der Waals surface area (Å²) in [5.41, 5.74) is 12.5. The van der Waals surface area contributed by atoms with Gasteiger partial charge < -0.3 is 10.7 Å². The van der Waals surface area contributed by atoms with Gasteiger partial charge in [0.1, 0.15) is 0 Å². The van der Waals surface area contributed by atoms with Crippen LogP contribution in [0.25, 0.3) is 11.3 Å². The molecule has 5 nitrogen and oxygen atoms in total. The zero-order valence-electron chi connectivity index (χ0n) is 20.0. The van der Waals surface area contributed by atoms with E-state index in [2.05, 4.69) is 83.9 Å². The van der Waals surface area contributed by atoms with Crippen LogP contribution in [0.4, 0.5) is 5.69 Å². The summed E-state index contributed by atoms with van der Waals surface area (Å²) in [6.07, 6.45) is 4.51. The van der Waals surface area contributed by atoms with E-state index in [4.69, 9.17) is 11.6 Å². The molecule has 0 saturated heterocycles. The minimum Gasteiger partial charge on any atom is -0.378 e. The van der Waals surface area contributed by atoms with Crippen LogP contribution in [0.3, 0.4) is 0 Å². The van der Waals surface area contributed by atoms with Crippen LogP contribution in [-0.2, 0) is 0 Å². The fourth-order valence-electron chi connectivity index (χ4n) is 5.32. The molecule has 0 saturated carbocycles. The number of hydrogen-bond donors (Lipinski definition) is 2. The molecule has 3 aliphatic rings. The molecule has 2 aromatic carbocycles. The van der Waals surface area contributed by atoms with Crippen molar-refractivity contribution in [1.29, 1.82) is 0 Å². The van der Waals surface area contributed by atoms with E-state index in [0.29, 0.717) is 6.04 Å². The molecule has 0 spiro atoms. The number of fused-ring (bicyclic) bond motifs is 3. The lowest BCUT2D eigenvalue weighted by molar-refractivity contribution is 0.0447. The van der Waals surface area contributed by atoms with Gasteiger partial charge in [-0.15, -0.1) is 5.12 Å². The number of allylic oxidation sites excluding steroid dienone is 1. The number of halogens is 1. The smallest absolute Gasteiger partial charge is 0.0816 e. The Balaban J connectivity index is 1.55. The Morgan fingerprint density at radius 3 is 2.70 bits per heavy atom. The van der Waals surface area contributed by atoms with Crippen LogP contribution in [0.15, 0.2) is 54.2 Å². The number of rotatable bonds is 4. The van der Waals surface area contributed by atoms with Crippen LogP contribution < -0.4 is 10.7 Å². The SMILES string of the molecule is CC1=C2c3ccc(C4=CCN(C(C)C)CC4)cc3C(Nc3cccc(Cl)c3)CCN2N(C)N1. The number of anilines is 1. The largest absolute Gasteiger partial charge is 0.378 e. The first-order valence-corrected chi connectivity index (χ1v) is 12.4. The summed E-state index contributed by atoms with van der Waals surface area (Å²) >= 11 is 6.29. The van der Waals surface area contributed by atoms with Crippen molar-refractivity contribution >= 4 is 28.6 Å². The van der Waals surface area contributed by atoms with Gasteiger partial charge in [0, 0.05) is 49.0 Å². The summed E-state index contributed by atoms with van der Waals surface area (Å²) in [5, 5.41) is 9.01. The van der Waals surface area contributed by atoms with Crippen molar-refractivity contribution in [2.45, 2.75) is 45.7 Å². The molecule has 6 heteroatoms. The third-order valence-electron chi connectivity index (χ3n) is 7.12. The summed E-state index contributed by atoms with van der Waals surface area (Å²) in [7, 11) is 2.09. The van der Waals surface area contributed by atoms with E-state index in [1.807, 2.05) is 18.2 Å². The standard InChI is InChI=1S/C27H34ClN5/c1-18(2)32-13-10-20(11-14-32)21-8-9-24-25(16-21)26(29-23-7-5-6-22(28)17-23)12-15-33-27(24)19(3)30-31(33)4/h5-10,16-18,26,29-30H,11-15H2,1-4H3. The Morgan fingerprint density at radius 1 is 1.12 bits per heavy atom. The number of hydrogen-bond acceptors (Lipinski definition) is 5. The fraction of sp³-hybridized carbons (Fsp3) is 0.407. The zero-order valence-corrected chi connectivity index (χ0v) is 20.8. The Bertz CT molecular complexity index is 1110. The zero-order chi connectivity index (χ0) is 23.1. The van der Waals surface area contributed by atoms with Crippen molar-refractivity contribution in [3.63, 3.8) is 0 Å². The number of nitrogens with zero attached hydrogens (tertiary/aromatic N) is 3. The summed E-state index contributed by atoms with van der Waals surface area (Å²) in [4.78, 5) is 2.53. The van der Waals surface area contributed by atoms with E-state index in [1.165, 1.54) is 33.7 Å².